The molecular weight excluding hydrogens is 404 g/mol. The summed E-state index contributed by atoms with van der Waals surface area (Å²) in [5.41, 5.74) is 2.39. The molecule has 1 aliphatic carbocycles. The van der Waals surface area contributed by atoms with E-state index >= 15 is 0 Å². The predicted octanol–water partition coefficient (Wildman–Crippen LogP) is 4.83. The summed E-state index contributed by atoms with van der Waals surface area (Å²) in [6.07, 6.45) is 5.83. The summed E-state index contributed by atoms with van der Waals surface area (Å²) >= 11 is 1.61. The van der Waals surface area contributed by atoms with E-state index in [1.165, 1.54) is 24.0 Å². The number of thioether (sulfide) groups is 1. The second kappa shape index (κ2) is 12.6. The number of carbonyl (C=O) groups is 2. The fourth-order valence-corrected chi connectivity index (χ4v) is 5.05. The van der Waals surface area contributed by atoms with Crippen molar-refractivity contribution in [3.63, 3.8) is 0 Å². The molecule has 0 radical (unpaired) electrons. The monoisotopic (exact) mass is 438 g/mol. The van der Waals surface area contributed by atoms with E-state index in [2.05, 4.69) is 29.6 Å². The van der Waals surface area contributed by atoms with Crippen LogP contribution in [0.25, 0.3) is 0 Å². The Morgan fingerprint density at radius 2 is 1.61 bits per heavy atom. The van der Waals surface area contributed by atoms with E-state index in [0.29, 0.717) is 18.7 Å². The fraction of sp³-hybridized carbons (Fsp3) is 0.462. The zero-order valence-electron chi connectivity index (χ0n) is 18.5. The Morgan fingerprint density at radius 3 is 2.23 bits per heavy atom. The van der Waals surface area contributed by atoms with Crippen molar-refractivity contribution in [1.82, 2.24) is 10.2 Å². The van der Waals surface area contributed by atoms with Gasteiger partial charge in [-0.3, -0.25) is 9.59 Å². The van der Waals surface area contributed by atoms with Crippen LogP contribution in [0.15, 0.2) is 60.7 Å². The average Bonchev–Trinajstić information content (AvgIpc) is 3.31. The summed E-state index contributed by atoms with van der Waals surface area (Å²) in [7, 11) is 0. The van der Waals surface area contributed by atoms with Crippen molar-refractivity contribution in [3.8, 4) is 0 Å². The molecule has 31 heavy (non-hydrogen) atoms. The predicted molar refractivity (Wildman–Crippen MR) is 129 cm³/mol. The van der Waals surface area contributed by atoms with Gasteiger partial charge >= 0.3 is 0 Å². The summed E-state index contributed by atoms with van der Waals surface area (Å²) in [5, 5.41) is 3.21. The van der Waals surface area contributed by atoms with Crippen molar-refractivity contribution in [1.29, 1.82) is 0 Å². The first-order valence-electron chi connectivity index (χ1n) is 11.4. The molecule has 0 aliphatic heterocycles. The molecule has 0 spiro atoms. The van der Waals surface area contributed by atoms with Crippen LogP contribution in [0.4, 0.5) is 0 Å². The van der Waals surface area contributed by atoms with Crippen LogP contribution in [0.3, 0.4) is 0 Å². The lowest BCUT2D eigenvalue weighted by atomic mass is 10.1. The van der Waals surface area contributed by atoms with Gasteiger partial charge in [-0.1, -0.05) is 80.4 Å². The number of hydrogen-bond donors (Lipinski definition) is 1. The van der Waals surface area contributed by atoms with Gasteiger partial charge in [0.05, 0.1) is 5.75 Å². The van der Waals surface area contributed by atoms with Crippen LogP contribution < -0.4 is 5.32 Å². The Hall–Kier alpha value is -2.27. The molecule has 1 aliphatic rings. The lowest BCUT2D eigenvalue weighted by molar-refractivity contribution is -0.139. The largest absolute Gasteiger partial charge is 0.352 e. The number of amides is 2. The molecule has 1 N–H and O–H groups in total. The normalized spacial score (nSPS) is 14.9. The lowest BCUT2D eigenvalue weighted by Gasteiger charge is -2.31. The van der Waals surface area contributed by atoms with Gasteiger partial charge in [0, 0.05) is 18.3 Å². The van der Waals surface area contributed by atoms with Crippen LogP contribution in [0.2, 0.25) is 0 Å². The Bertz CT molecular complexity index is 807. The molecule has 0 bridgehead atoms. The highest BCUT2D eigenvalue weighted by Crippen LogP contribution is 2.19. The minimum absolute atomic E-state index is 0.00358. The van der Waals surface area contributed by atoms with E-state index in [-0.39, 0.29) is 17.9 Å². The van der Waals surface area contributed by atoms with E-state index in [1.54, 1.807) is 11.8 Å². The number of nitrogens with one attached hydrogen (secondary N) is 1. The molecule has 5 heteroatoms. The second-order valence-corrected chi connectivity index (χ2v) is 9.20. The zero-order valence-corrected chi connectivity index (χ0v) is 19.3. The highest BCUT2D eigenvalue weighted by Gasteiger charge is 2.30. The average molecular weight is 439 g/mol. The summed E-state index contributed by atoms with van der Waals surface area (Å²) in [4.78, 5) is 28.1. The maximum Gasteiger partial charge on any atom is 0.243 e. The van der Waals surface area contributed by atoms with Gasteiger partial charge in [-0.2, -0.15) is 0 Å². The Labute approximate surface area is 190 Å². The summed E-state index contributed by atoms with van der Waals surface area (Å²) in [6, 6.07) is 20.2. The standard InChI is InChI=1S/C26H34N2O2S/c1-2-24(26(30)27-23-15-9-10-16-23)28(18-17-21-11-5-3-6-12-21)25(29)20-31-19-22-13-7-4-8-14-22/h3-8,11-14,23-24H,2,9-10,15-20H2,1H3,(H,27,30). The van der Waals surface area contributed by atoms with Gasteiger partial charge in [-0.15, -0.1) is 11.8 Å². The van der Waals surface area contributed by atoms with Crippen LogP contribution in [-0.4, -0.2) is 41.1 Å². The SMILES string of the molecule is CCC(C(=O)NC1CCCC1)N(CCc1ccccc1)C(=O)CSCc1ccccc1. The fourth-order valence-electron chi connectivity index (χ4n) is 4.18. The van der Waals surface area contributed by atoms with Gasteiger partial charge in [0.1, 0.15) is 6.04 Å². The van der Waals surface area contributed by atoms with E-state index in [1.807, 2.05) is 48.2 Å². The summed E-state index contributed by atoms with van der Waals surface area (Å²) < 4.78 is 0. The van der Waals surface area contributed by atoms with Crippen molar-refractivity contribution >= 4 is 23.6 Å². The molecule has 3 rings (SSSR count). The molecule has 1 fully saturated rings. The third kappa shape index (κ3) is 7.42. The van der Waals surface area contributed by atoms with Gasteiger partial charge in [-0.25, -0.2) is 0 Å². The maximum absolute atomic E-state index is 13.2. The molecule has 1 saturated carbocycles. The van der Waals surface area contributed by atoms with E-state index in [9.17, 15) is 9.59 Å². The smallest absolute Gasteiger partial charge is 0.243 e. The zero-order chi connectivity index (χ0) is 21.9. The van der Waals surface area contributed by atoms with E-state index < -0.39 is 6.04 Å². The number of nitrogens with zero attached hydrogens (tertiary/aromatic N) is 1. The molecule has 2 aromatic rings. The van der Waals surface area contributed by atoms with Crippen LogP contribution in [0.5, 0.6) is 0 Å². The number of carbonyl (C=O) groups excluding carboxylic acids is 2. The third-order valence-electron chi connectivity index (χ3n) is 5.91. The highest BCUT2D eigenvalue weighted by atomic mass is 32.2. The minimum atomic E-state index is -0.408. The van der Waals surface area contributed by atoms with Gasteiger partial charge in [-0.05, 0) is 36.8 Å². The molecule has 2 aromatic carbocycles. The number of benzene rings is 2. The van der Waals surface area contributed by atoms with Gasteiger partial charge in [0.2, 0.25) is 11.8 Å². The van der Waals surface area contributed by atoms with Crippen LogP contribution in [-0.2, 0) is 21.8 Å². The molecule has 2 amide bonds. The molecule has 166 valence electrons. The third-order valence-corrected chi connectivity index (χ3v) is 6.90. The van der Waals surface area contributed by atoms with Crippen molar-refractivity contribution in [3.05, 3.63) is 71.8 Å². The van der Waals surface area contributed by atoms with Crippen molar-refractivity contribution in [2.24, 2.45) is 0 Å². The molecule has 0 saturated heterocycles. The molecular formula is C26H34N2O2S. The maximum atomic E-state index is 13.2. The van der Waals surface area contributed by atoms with E-state index in [0.717, 1.165) is 25.0 Å². The topological polar surface area (TPSA) is 49.4 Å². The van der Waals surface area contributed by atoms with Crippen molar-refractivity contribution in [2.45, 2.75) is 63.3 Å². The van der Waals surface area contributed by atoms with Crippen molar-refractivity contribution in [2.75, 3.05) is 12.3 Å². The van der Waals surface area contributed by atoms with Crippen LogP contribution in [0.1, 0.15) is 50.2 Å². The highest BCUT2D eigenvalue weighted by molar-refractivity contribution is 7.99. The molecule has 0 aromatic heterocycles. The molecule has 1 atom stereocenters. The first kappa shape index (κ1) is 23.4. The molecule has 0 heterocycles. The number of hydrogen-bond acceptors (Lipinski definition) is 3. The van der Waals surface area contributed by atoms with Gasteiger partial charge in [0.15, 0.2) is 0 Å². The Balaban J connectivity index is 1.64. The van der Waals surface area contributed by atoms with Gasteiger partial charge < -0.3 is 10.2 Å². The molecule has 4 nitrogen and oxygen atoms in total. The Kier molecular flexibility index (Phi) is 9.47. The van der Waals surface area contributed by atoms with Crippen molar-refractivity contribution < 1.29 is 9.59 Å². The summed E-state index contributed by atoms with van der Waals surface area (Å²) in [5.74, 6) is 1.23. The number of rotatable bonds is 11. The van der Waals surface area contributed by atoms with Gasteiger partial charge in [0.25, 0.3) is 0 Å². The minimum Gasteiger partial charge on any atom is -0.352 e. The first-order valence-corrected chi connectivity index (χ1v) is 12.6. The quantitative estimate of drug-likeness (QED) is 0.547. The van der Waals surface area contributed by atoms with Crippen LogP contribution in [0, 0.1) is 0 Å². The lowest BCUT2D eigenvalue weighted by Crippen LogP contribution is -2.52. The second-order valence-electron chi connectivity index (χ2n) is 8.22. The summed E-state index contributed by atoms with van der Waals surface area (Å²) in [6.45, 7) is 2.56. The molecule has 1 unspecified atom stereocenters. The first-order chi connectivity index (χ1) is 15.2. The Morgan fingerprint density at radius 1 is 1.00 bits per heavy atom. The van der Waals surface area contributed by atoms with E-state index in [4.69, 9.17) is 0 Å². The van der Waals surface area contributed by atoms with Crippen LogP contribution >= 0.6 is 11.8 Å².